The first-order valence-electron chi connectivity index (χ1n) is 10.1. The maximum Gasteiger partial charge on any atom is 0.253 e. The van der Waals surface area contributed by atoms with Gasteiger partial charge in [0, 0.05) is 36.6 Å². The lowest BCUT2D eigenvalue weighted by molar-refractivity contribution is -0.114. The molecule has 0 aliphatic carbocycles. The zero-order chi connectivity index (χ0) is 24.1. The van der Waals surface area contributed by atoms with Gasteiger partial charge in [0.05, 0.1) is 7.11 Å². The molecule has 0 unspecified atom stereocenters. The first-order chi connectivity index (χ1) is 14.9. The van der Waals surface area contributed by atoms with Gasteiger partial charge in [0.1, 0.15) is 4.90 Å². The number of nitrogens with zero attached hydrogens (tertiary/aromatic N) is 2. The summed E-state index contributed by atoms with van der Waals surface area (Å²) < 4.78 is 33.5. The molecule has 2 aromatic rings. The summed E-state index contributed by atoms with van der Waals surface area (Å²) in [6.07, 6.45) is 3.09. The molecule has 8 heteroatoms. The highest BCUT2D eigenvalue weighted by molar-refractivity contribution is 7.89. The molecule has 172 valence electrons. The largest absolute Gasteiger partial charge is 0.480 e. The summed E-state index contributed by atoms with van der Waals surface area (Å²) in [6, 6.07) is 10.7. The van der Waals surface area contributed by atoms with E-state index in [1.54, 1.807) is 20.0 Å². The zero-order valence-corrected chi connectivity index (χ0v) is 20.3. The number of amides is 1. The van der Waals surface area contributed by atoms with Gasteiger partial charge in [-0.25, -0.2) is 18.1 Å². The minimum Gasteiger partial charge on any atom is -0.480 e. The van der Waals surface area contributed by atoms with Crippen molar-refractivity contribution >= 4 is 27.2 Å². The number of ether oxygens (including phenoxy) is 1. The lowest BCUT2D eigenvalue weighted by Gasteiger charge is -2.19. The number of nitrogens with one attached hydrogen (secondary N) is 1. The molecule has 1 aromatic heterocycles. The average Bonchev–Trinajstić information content (AvgIpc) is 2.76. The van der Waals surface area contributed by atoms with E-state index in [0.29, 0.717) is 16.7 Å². The van der Waals surface area contributed by atoms with Crippen molar-refractivity contribution in [2.75, 3.05) is 25.6 Å². The molecule has 0 aliphatic rings. The van der Waals surface area contributed by atoms with Crippen LogP contribution >= 0.6 is 0 Å². The number of anilines is 1. The van der Waals surface area contributed by atoms with Crippen molar-refractivity contribution in [2.45, 2.75) is 32.6 Å². The Bertz CT molecular complexity index is 1120. The summed E-state index contributed by atoms with van der Waals surface area (Å²) >= 11 is 0. The van der Waals surface area contributed by atoms with E-state index in [2.05, 4.69) is 16.3 Å². The quantitative estimate of drug-likeness (QED) is 0.477. The normalized spacial score (nSPS) is 12.4. The van der Waals surface area contributed by atoms with Crippen molar-refractivity contribution in [1.82, 2.24) is 9.71 Å². The molecule has 0 bridgehead atoms. The van der Waals surface area contributed by atoms with Gasteiger partial charge in [-0.05, 0) is 42.2 Å². The Hall–Kier alpha value is -2.97. The van der Waals surface area contributed by atoms with Crippen molar-refractivity contribution in [3.05, 3.63) is 66.4 Å². The Morgan fingerprint density at radius 2 is 1.88 bits per heavy atom. The third-order valence-corrected chi connectivity index (χ3v) is 6.04. The van der Waals surface area contributed by atoms with E-state index in [1.165, 1.54) is 24.3 Å². The molecule has 0 atom stereocenters. The van der Waals surface area contributed by atoms with Crippen LogP contribution in [-0.4, -0.2) is 40.0 Å². The number of para-hydroxylation sites is 1. The van der Waals surface area contributed by atoms with Crippen LogP contribution in [-0.2, 0) is 14.8 Å². The van der Waals surface area contributed by atoms with Crippen LogP contribution in [0.2, 0.25) is 0 Å². The van der Waals surface area contributed by atoms with E-state index in [4.69, 9.17) is 4.74 Å². The summed E-state index contributed by atoms with van der Waals surface area (Å²) in [5, 5.41) is 0. The van der Waals surface area contributed by atoms with Gasteiger partial charge in [-0.15, -0.1) is 0 Å². The number of pyridine rings is 1. The van der Waals surface area contributed by atoms with Gasteiger partial charge in [0.25, 0.3) is 5.91 Å². The van der Waals surface area contributed by atoms with Crippen molar-refractivity contribution in [1.29, 1.82) is 0 Å². The van der Waals surface area contributed by atoms with Crippen molar-refractivity contribution in [3.63, 3.8) is 0 Å². The average molecular weight is 458 g/mol. The molecule has 1 heterocycles. The topological polar surface area (TPSA) is 88.6 Å². The second kappa shape index (κ2) is 10.1. The summed E-state index contributed by atoms with van der Waals surface area (Å²) in [5.41, 5.74) is 1.91. The van der Waals surface area contributed by atoms with E-state index in [9.17, 15) is 13.2 Å². The summed E-state index contributed by atoms with van der Waals surface area (Å²) in [5.74, 6) is -0.206. The van der Waals surface area contributed by atoms with Gasteiger partial charge < -0.3 is 9.64 Å². The molecular formula is C24H31N3O4S. The lowest BCUT2D eigenvalue weighted by atomic mass is 9.98. The molecule has 0 aliphatic heterocycles. The van der Waals surface area contributed by atoms with Crippen molar-refractivity contribution < 1.29 is 17.9 Å². The highest BCUT2D eigenvalue weighted by Gasteiger charge is 2.24. The Balaban J connectivity index is 2.32. The number of carbonyl (C=O) groups is 1. The van der Waals surface area contributed by atoms with E-state index in [-0.39, 0.29) is 28.6 Å². The Labute approximate surface area is 190 Å². The van der Waals surface area contributed by atoms with Crippen LogP contribution in [0.4, 0.5) is 5.69 Å². The number of rotatable bonds is 8. The first kappa shape index (κ1) is 25.3. The zero-order valence-electron chi connectivity index (χ0n) is 19.5. The summed E-state index contributed by atoms with van der Waals surface area (Å²) in [6.45, 7) is 11.7. The minimum absolute atomic E-state index is 0.0106. The molecule has 0 fully saturated rings. The lowest BCUT2D eigenvalue weighted by Crippen LogP contribution is -2.32. The Kier molecular flexibility index (Phi) is 7.98. The molecule has 0 radical (unpaired) electrons. The summed E-state index contributed by atoms with van der Waals surface area (Å²) in [4.78, 5) is 18.4. The fraction of sp³-hybridized carbons (Fsp3) is 0.333. The number of hydrogen-bond donors (Lipinski definition) is 1. The number of carbonyl (C=O) groups excluding carboxylic acids is 1. The van der Waals surface area contributed by atoms with Crippen LogP contribution in [0.3, 0.4) is 0 Å². The maximum absolute atomic E-state index is 12.9. The number of likely N-dealkylation sites (N-methyl/N-ethyl adjacent to an activating group) is 1. The number of methoxy groups -OCH3 is 1. The fourth-order valence-corrected chi connectivity index (χ4v) is 4.21. The van der Waals surface area contributed by atoms with Crippen LogP contribution < -0.4 is 14.4 Å². The Morgan fingerprint density at radius 1 is 1.25 bits per heavy atom. The highest BCUT2D eigenvalue weighted by Crippen LogP contribution is 2.27. The predicted molar refractivity (Wildman–Crippen MR) is 128 cm³/mol. The van der Waals surface area contributed by atoms with Crippen molar-refractivity contribution in [3.8, 4) is 5.88 Å². The van der Waals surface area contributed by atoms with Crippen molar-refractivity contribution in [2.24, 2.45) is 5.41 Å². The molecule has 1 amide bonds. The van der Waals surface area contributed by atoms with Gasteiger partial charge in [0.2, 0.25) is 15.9 Å². The highest BCUT2D eigenvalue weighted by atomic mass is 32.2. The monoisotopic (exact) mass is 457 g/mol. The second-order valence-corrected chi connectivity index (χ2v) is 10.4. The second-order valence-electron chi connectivity index (χ2n) is 8.67. The molecule has 2 rings (SSSR count). The Morgan fingerprint density at radius 3 is 2.44 bits per heavy atom. The van der Waals surface area contributed by atoms with E-state index in [1.807, 2.05) is 51.1 Å². The van der Waals surface area contributed by atoms with Gasteiger partial charge in [-0.3, -0.25) is 4.79 Å². The van der Waals surface area contributed by atoms with E-state index in [0.717, 1.165) is 5.69 Å². The first-order valence-corrected chi connectivity index (χ1v) is 11.6. The molecule has 0 saturated carbocycles. The standard InChI is InChI=1S/C24H31N3O4S/c1-17(13-18(2)23(28)27(6)20-11-9-8-10-12-20)19-14-21(22(31-7)25-15-19)32(29,30)26-16-24(3,4)5/h8-15,26H,1,16H2,2-7H3/b18-13+. The van der Waals surface area contributed by atoms with Gasteiger partial charge in [-0.1, -0.05) is 45.5 Å². The number of aromatic nitrogens is 1. The number of hydrogen-bond acceptors (Lipinski definition) is 5. The molecular weight excluding hydrogens is 426 g/mol. The van der Waals surface area contributed by atoms with Gasteiger partial charge in [-0.2, -0.15) is 0 Å². The molecule has 7 nitrogen and oxygen atoms in total. The van der Waals surface area contributed by atoms with Crippen LogP contribution in [0.15, 0.2) is 65.7 Å². The molecule has 0 saturated heterocycles. The third kappa shape index (κ3) is 6.51. The number of allylic oxidation sites excluding steroid dienone is 2. The van der Waals surface area contributed by atoms with Crippen LogP contribution in [0, 0.1) is 5.41 Å². The molecule has 1 N–H and O–H groups in total. The molecule has 0 spiro atoms. The van der Waals surface area contributed by atoms with Crippen LogP contribution in [0.25, 0.3) is 5.57 Å². The summed E-state index contributed by atoms with van der Waals surface area (Å²) in [7, 11) is -0.805. The van der Waals surface area contributed by atoms with Crippen LogP contribution in [0.1, 0.15) is 33.3 Å². The maximum atomic E-state index is 12.9. The van der Waals surface area contributed by atoms with E-state index >= 15 is 0 Å². The number of sulfonamides is 1. The van der Waals surface area contributed by atoms with Crippen LogP contribution in [0.5, 0.6) is 5.88 Å². The fourth-order valence-electron chi connectivity index (χ4n) is 2.78. The molecule has 32 heavy (non-hydrogen) atoms. The smallest absolute Gasteiger partial charge is 0.253 e. The van der Waals surface area contributed by atoms with Gasteiger partial charge >= 0.3 is 0 Å². The molecule has 1 aromatic carbocycles. The predicted octanol–water partition coefficient (Wildman–Crippen LogP) is 4.04. The SMILES string of the molecule is C=C(/C=C(\C)C(=O)N(C)c1ccccc1)c1cnc(OC)c(S(=O)(=O)NCC(C)(C)C)c1. The number of benzene rings is 1. The van der Waals surface area contributed by atoms with Gasteiger partial charge in [0.15, 0.2) is 0 Å². The van der Waals surface area contributed by atoms with E-state index < -0.39 is 10.0 Å². The minimum atomic E-state index is -3.86. The third-order valence-electron chi connectivity index (χ3n) is 4.64.